The fourth-order valence-corrected chi connectivity index (χ4v) is 4.01. The van der Waals surface area contributed by atoms with Gasteiger partial charge in [0.05, 0.1) is 17.1 Å². The second kappa shape index (κ2) is 10.5. The molecular weight excluding hydrogens is 398 g/mol. The monoisotopic (exact) mass is 427 g/mol. The zero-order valence-corrected chi connectivity index (χ0v) is 18.4. The van der Waals surface area contributed by atoms with Crippen LogP contribution < -0.4 is 16.0 Å². The average Bonchev–Trinajstić information content (AvgIpc) is 2.74. The minimum Gasteiger partial charge on any atom is -0.376 e. The molecule has 2 aromatic carbocycles. The maximum Gasteiger partial charge on any atom is 0.253 e. The van der Waals surface area contributed by atoms with Gasteiger partial charge < -0.3 is 16.0 Å². The number of benzene rings is 2. The Balaban J connectivity index is 1.60. The molecule has 6 heteroatoms. The second-order valence-corrected chi connectivity index (χ2v) is 8.55. The molecule has 2 amide bonds. The summed E-state index contributed by atoms with van der Waals surface area (Å²) in [5.41, 5.74) is 3.03. The van der Waals surface area contributed by atoms with Crippen molar-refractivity contribution in [3.8, 4) is 0 Å². The number of anilines is 2. The van der Waals surface area contributed by atoms with Crippen LogP contribution >= 0.6 is 11.6 Å². The molecule has 0 saturated heterocycles. The van der Waals surface area contributed by atoms with Crippen molar-refractivity contribution >= 4 is 34.8 Å². The summed E-state index contributed by atoms with van der Waals surface area (Å²) in [4.78, 5) is 25.1. The molecule has 1 aliphatic rings. The van der Waals surface area contributed by atoms with Crippen LogP contribution in [0.3, 0.4) is 0 Å². The summed E-state index contributed by atoms with van der Waals surface area (Å²) in [5.74, 6) is 0.00748. The van der Waals surface area contributed by atoms with E-state index in [1.807, 2.05) is 24.3 Å². The maximum absolute atomic E-state index is 12.7. The molecule has 3 rings (SSSR count). The molecule has 0 atom stereocenters. The molecule has 0 spiro atoms. The van der Waals surface area contributed by atoms with Crippen molar-refractivity contribution in [3.63, 3.8) is 0 Å². The predicted molar refractivity (Wildman–Crippen MR) is 123 cm³/mol. The molecule has 0 aromatic heterocycles. The molecule has 5 nitrogen and oxygen atoms in total. The Morgan fingerprint density at radius 2 is 1.80 bits per heavy atom. The lowest BCUT2D eigenvalue weighted by molar-refractivity contribution is -0.114. The first-order chi connectivity index (χ1) is 14.4. The van der Waals surface area contributed by atoms with Crippen LogP contribution in [0.5, 0.6) is 0 Å². The number of halogens is 1. The Morgan fingerprint density at radius 3 is 2.53 bits per heavy atom. The Labute approximate surface area is 183 Å². The molecule has 0 heterocycles. The minimum atomic E-state index is -0.161. The minimum absolute atomic E-state index is 0.0950. The Bertz CT molecular complexity index is 892. The van der Waals surface area contributed by atoms with Gasteiger partial charge >= 0.3 is 0 Å². The van der Waals surface area contributed by atoms with Crippen molar-refractivity contribution < 1.29 is 9.59 Å². The highest BCUT2D eigenvalue weighted by atomic mass is 35.5. The predicted octanol–water partition coefficient (Wildman–Crippen LogP) is 5.58. The number of carbonyl (C=O) groups excluding carboxylic acids is 2. The van der Waals surface area contributed by atoms with Crippen LogP contribution in [0.1, 0.15) is 67.8 Å². The van der Waals surface area contributed by atoms with Gasteiger partial charge in [-0.15, -0.1) is 0 Å². The molecule has 3 N–H and O–H groups in total. The third-order valence-corrected chi connectivity index (χ3v) is 5.79. The number of hydrogen-bond donors (Lipinski definition) is 3. The first-order valence-electron chi connectivity index (χ1n) is 10.7. The normalized spacial score (nSPS) is 14.4. The standard InChI is InChI=1S/C24H30ClN3O2/c1-16(2)19-10-6-7-11-22(19)28-23(29)15-26-18-12-13-21(25)20(14-18)24(30)27-17-8-4-3-5-9-17/h6-7,10-14,16-17,26H,3-5,8-9,15H2,1-2H3,(H,27,30)(H,28,29). The van der Waals surface area contributed by atoms with Gasteiger partial charge in [0, 0.05) is 17.4 Å². The Hall–Kier alpha value is -2.53. The third-order valence-electron chi connectivity index (χ3n) is 5.46. The highest BCUT2D eigenvalue weighted by molar-refractivity contribution is 6.34. The lowest BCUT2D eigenvalue weighted by Crippen LogP contribution is -2.36. The molecule has 0 unspecified atom stereocenters. The van der Waals surface area contributed by atoms with E-state index in [-0.39, 0.29) is 24.4 Å². The summed E-state index contributed by atoms with van der Waals surface area (Å²) in [6, 6.07) is 13.2. The fourth-order valence-electron chi connectivity index (χ4n) is 3.81. The highest BCUT2D eigenvalue weighted by Crippen LogP contribution is 2.24. The van der Waals surface area contributed by atoms with Crippen molar-refractivity contribution in [2.75, 3.05) is 17.2 Å². The van der Waals surface area contributed by atoms with E-state index in [2.05, 4.69) is 29.8 Å². The number of nitrogens with one attached hydrogen (secondary N) is 3. The van der Waals surface area contributed by atoms with E-state index in [4.69, 9.17) is 11.6 Å². The number of rotatable bonds is 7. The molecule has 0 aliphatic heterocycles. The first kappa shape index (κ1) is 22.2. The van der Waals surface area contributed by atoms with Crippen LogP contribution in [-0.2, 0) is 4.79 Å². The first-order valence-corrected chi connectivity index (χ1v) is 11.0. The topological polar surface area (TPSA) is 70.2 Å². The Kier molecular flexibility index (Phi) is 7.75. The summed E-state index contributed by atoms with van der Waals surface area (Å²) >= 11 is 6.26. The van der Waals surface area contributed by atoms with Gasteiger partial charge in [-0.2, -0.15) is 0 Å². The SMILES string of the molecule is CC(C)c1ccccc1NC(=O)CNc1ccc(Cl)c(C(=O)NC2CCCCC2)c1. The summed E-state index contributed by atoms with van der Waals surface area (Å²) in [6.45, 7) is 4.28. The van der Waals surface area contributed by atoms with Crippen molar-refractivity contribution in [2.24, 2.45) is 0 Å². The zero-order chi connectivity index (χ0) is 21.5. The molecule has 30 heavy (non-hydrogen) atoms. The summed E-state index contributed by atoms with van der Waals surface area (Å²) in [5, 5.41) is 9.54. The largest absolute Gasteiger partial charge is 0.376 e. The van der Waals surface area contributed by atoms with E-state index in [9.17, 15) is 9.59 Å². The van der Waals surface area contributed by atoms with Gasteiger partial charge in [0.15, 0.2) is 0 Å². The second-order valence-electron chi connectivity index (χ2n) is 8.15. The Morgan fingerprint density at radius 1 is 1.07 bits per heavy atom. The van der Waals surface area contributed by atoms with E-state index in [1.165, 1.54) is 6.42 Å². The summed E-state index contributed by atoms with van der Waals surface area (Å²) < 4.78 is 0. The summed E-state index contributed by atoms with van der Waals surface area (Å²) in [6.07, 6.45) is 5.56. The molecule has 1 saturated carbocycles. The lowest BCUT2D eigenvalue weighted by atomic mass is 9.95. The maximum atomic E-state index is 12.7. The molecule has 1 fully saturated rings. The quantitative estimate of drug-likeness (QED) is 0.540. The van der Waals surface area contributed by atoms with Crippen LogP contribution in [0.2, 0.25) is 5.02 Å². The number of amides is 2. The lowest BCUT2D eigenvalue weighted by Gasteiger charge is -2.23. The summed E-state index contributed by atoms with van der Waals surface area (Å²) in [7, 11) is 0. The van der Waals surface area contributed by atoms with E-state index in [0.29, 0.717) is 22.2 Å². The van der Waals surface area contributed by atoms with Crippen LogP contribution in [-0.4, -0.2) is 24.4 Å². The van der Waals surface area contributed by atoms with Gasteiger partial charge in [-0.1, -0.05) is 62.9 Å². The average molecular weight is 428 g/mol. The van der Waals surface area contributed by atoms with Crippen molar-refractivity contribution in [1.82, 2.24) is 5.32 Å². The van der Waals surface area contributed by atoms with Gasteiger partial charge in [-0.05, 0) is 48.6 Å². The highest BCUT2D eigenvalue weighted by Gasteiger charge is 2.19. The van der Waals surface area contributed by atoms with E-state index in [0.717, 1.165) is 36.9 Å². The molecule has 1 aliphatic carbocycles. The van der Waals surface area contributed by atoms with Crippen LogP contribution in [0.4, 0.5) is 11.4 Å². The molecule has 160 valence electrons. The van der Waals surface area contributed by atoms with Gasteiger partial charge in [0.1, 0.15) is 0 Å². The number of para-hydroxylation sites is 1. The van der Waals surface area contributed by atoms with E-state index >= 15 is 0 Å². The van der Waals surface area contributed by atoms with Crippen molar-refractivity contribution in [2.45, 2.75) is 57.9 Å². The number of hydrogen-bond acceptors (Lipinski definition) is 3. The number of carbonyl (C=O) groups is 2. The van der Waals surface area contributed by atoms with Gasteiger partial charge in [0.25, 0.3) is 5.91 Å². The van der Waals surface area contributed by atoms with Gasteiger partial charge in [0.2, 0.25) is 5.91 Å². The molecular formula is C24H30ClN3O2. The fraction of sp³-hybridized carbons (Fsp3) is 0.417. The molecule has 0 bridgehead atoms. The van der Waals surface area contributed by atoms with E-state index in [1.54, 1.807) is 18.2 Å². The zero-order valence-electron chi connectivity index (χ0n) is 17.6. The van der Waals surface area contributed by atoms with Gasteiger partial charge in [-0.3, -0.25) is 9.59 Å². The molecule has 2 aromatic rings. The van der Waals surface area contributed by atoms with Crippen LogP contribution in [0.15, 0.2) is 42.5 Å². The van der Waals surface area contributed by atoms with Crippen LogP contribution in [0, 0.1) is 0 Å². The smallest absolute Gasteiger partial charge is 0.253 e. The third kappa shape index (κ3) is 5.99. The van der Waals surface area contributed by atoms with Gasteiger partial charge in [-0.25, -0.2) is 0 Å². The van der Waals surface area contributed by atoms with Crippen molar-refractivity contribution in [3.05, 3.63) is 58.6 Å². The van der Waals surface area contributed by atoms with Crippen LogP contribution in [0.25, 0.3) is 0 Å². The molecule has 0 radical (unpaired) electrons. The van der Waals surface area contributed by atoms with E-state index < -0.39 is 0 Å². The van der Waals surface area contributed by atoms with Crippen molar-refractivity contribution in [1.29, 1.82) is 0 Å².